The van der Waals surface area contributed by atoms with Crippen molar-refractivity contribution in [2.45, 2.75) is 32.2 Å². The van der Waals surface area contributed by atoms with Gasteiger partial charge in [-0.05, 0) is 48.1 Å². The lowest BCUT2D eigenvalue weighted by atomic mass is 9.99. The summed E-state index contributed by atoms with van der Waals surface area (Å²) in [6.07, 6.45) is 3.84. The van der Waals surface area contributed by atoms with Crippen LogP contribution in [0.4, 0.5) is 0 Å². The standard InChI is InChI=1S/C19H25NO/c1-2-12-20-19(14-21-13-15-10-11-15)18-9-5-7-16-6-3-4-8-17(16)18/h3-9,15,19-20H,2,10-14H2,1H3. The van der Waals surface area contributed by atoms with Gasteiger partial charge in [0, 0.05) is 6.61 Å². The summed E-state index contributed by atoms with van der Waals surface area (Å²) >= 11 is 0. The number of hydrogen-bond donors (Lipinski definition) is 1. The molecule has 0 spiro atoms. The third-order valence-corrected chi connectivity index (χ3v) is 4.17. The van der Waals surface area contributed by atoms with Gasteiger partial charge in [0.2, 0.25) is 0 Å². The van der Waals surface area contributed by atoms with Crippen LogP contribution in [-0.2, 0) is 4.74 Å². The van der Waals surface area contributed by atoms with Crippen LogP contribution in [0.15, 0.2) is 42.5 Å². The topological polar surface area (TPSA) is 21.3 Å². The molecule has 0 amide bonds. The molecule has 1 fully saturated rings. The van der Waals surface area contributed by atoms with Crippen molar-refractivity contribution in [3.05, 3.63) is 48.0 Å². The predicted octanol–water partition coefficient (Wildman–Crippen LogP) is 4.31. The molecule has 0 radical (unpaired) electrons. The number of rotatable bonds is 8. The summed E-state index contributed by atoms with van der Waals surface area (Å²) in [4.78, 5) is 0. The third-order valence-electron chi connectivity index (χ3n) is 4.17. The quantitative estimate of drug-likeness (QED) is 0.779. The number of nitrogens with one attached hydrogen (secondary N) is 1. The van der Waals surface area contributed by atoms with Gasteiger partial charge in [0.05, 0.1) is 12.6 Å². The second-order valence-corrected chi connectivity index (χ2v) is 6.06. The average molecular weight is 283 g/mol. The number of benzene rings is 2. The second kappa shape index (κ2) is 7.06. The first-order valence-corrected chi connectivity index (χ1v) is 8.17. The summed E-state index contributed by atoms with van der Waals surface area (Å²) in [5.41, 5.74) is 1.36. The average Bonchev–Trinajstić information content (AvgIpc) is 3.34. The molecule has 2 nitrogen and oxygen atoms in total. The van der Waals surface area contributed by atoms with E-state index in [0.29, 0.717) is 0 Å². The van der Waals surface area contributed by atoms with Crippen molar-refractivity contribution < 1.29 is 4.74 Å². The molecule has 2 heteroatoms. The lowest BCUT2D eigenvalue weighted by Gasteiger charge is -2.21. The fraction of sp³-hybridized carbons (Fsp3) is 0.474. The van der Waals surface area contributed by atoms with Gasteiger partial charge >= 0.3 is 0 Å². The Hall–Kier alpha value is -1.38. The minimum Gasteiger partial charge on any atom is -0.379 e. The maximum Gasteiger partial charge on any atom is 0.0661 e. The summed E-state index contributed by atoms with van der Waals surface area (Å²) in [5.74, 6) is 0.823. The van der Waals surface area contributed by atoms with Crippen molar-refractivity contribution >= 4 is 10.8 Å². The van der Waals surface area contributed by atoms with Gasteiger partial charge in [0.15, 0.2) is 0 Å². The molecule has 0 aliphatic heterocycles. The fourth-order valence-electron chi connectivity index (χ4n) is 2.77. The number of fused-ring (bicyclic) bond motifs is 1. The molecular formula is C19H25NO. The first-order chi connectivity index (χ1) is 10.4. The lowest BCUT2D eigenvalue weighted by molar-refractivity contribution is 0.103. The minimum absolute atomic E-state index is 0.287. The highest BCUT2D eigenvalue weighted by Gasteiger charge is 2.22. The molecule has 1 saturated carbocycles. The van der Waals surface area contributed by atoms with Crippen LogP contribution < -0.4 is 5.32 Å². The summed E-state index contributed by atoms with van der Waals surface area (Å²) in [6, 6.07) is 15.5. The Bertz CT molecular complexity index is 571. The molecule has 0 bridgehead atoms. The summed E-state index contributed by atoms with van der Waals surface area (Å²) < 4.78 is 5.96. The van der Waals surface area contributed by atoms with Crippen LogP contribution in [0.3, 0.4) is 0 Å². The van der Waals surface area contributed by atoms with Crippen LogP contribution in [0.5, 0.6) is 0 Å². The van der Waals surface area contributed by atoms with E-state index >= 15 is 0 Å². The van der Waals surface area contributed by atoms with Crippen LogP contribution in [0.2, 0.25) is 0 Å². The van der Waals surface area contributed by atoms with E-state index in [1.807, 2.05) is 0 Å². The molecule has 112 valence electrons. The van der Waals surface area contributed by atoms with Crippen LogP contribution in [0.1, 0.15) is 37.8 Å². The van der Waals surface area contributed by atoms with E-state index in [0.717, 1.165) is 32.1 Å². The Morgan fingerprint density at radius 1 is 1.14 bits per heavy atom. The zero-order valence-electron chi connectivity index (χ0n) is 12.8. The van der Waals surface area contributed by atoms with E-state index in [4.69, 9.17) is 4.74 Å². The third kappa shape index (κ3) is 3.84. The van der Waals surface area contributed by atoms with Gasteiger partial charge in [-0.25, -0.2) is 0 Å². The molecule has 0 saturated heterocycles. The van der Waals surface area contributed by atoms with Gasteiger partial charge < -0.3 is 10.1 Å². The van der Waals surface area contributed by atoms with Crippen molar-refractivity contribution in [2.24, 2.45) is 5.92 Å². The predicted molar refractivity (Wildman–Crippen MR) is 88.5 cm³/mol. The van der Waals surface area contributed by atoms with Crippen LogP contribution in [-0.4, -0.2) is 19.8 Å². The maximum absolute atomic E-state index is 5.96. The molecule has 1 unspecified atom stereocenters. The molecule has 1 aliphatic carbocycles. The Kier molecular flexibility index (Phi) is 4.89. The van der Waals surface area contributed by atoms with E-state index in [2.05, 4.69) is 54.7 Å². The van der Waals surface area contributed by atoms with Crippen molar-refractivity contribution in [3.8, 4) is 0 Å². The van der Waals surface area contributed by atoms with Crippen LogP contribution in [0.25, 0.3) is 10.8 Å². The van der Waals surface area contributed by atoms with Gasteiger partial charge in [0.1, 0.15) is 0 Å². The maximum atomic E-state index is 5.96. The fourth-order valence-corrected chi connectivity index (χ4v) is 2.77. The molecule has 1 atom stereocenters. The van der Waals surface area contributed by atoms with Gasteiger partial charge in [-0.1, -0.05) is 49.4 Å². The largest absolute Gasteiger partial charge is 0.379 e. The highest BCUT2D eigenvalue weighted by molar-refractivity contribution is 5.86. The summed E-state index contributed by atoms with van der Waals surface area (Å²) in [5, 5.41) is 6.29. The van der Waals surface area contributed by atoms with Crippen molar-refractivity contribution in [3.63, 3.8) is 0 Å². The Morgan fingerprint density at radius 3 is 2.76 bits per heavy atom. The number of hydrogen-bond acceptors (Lipinski definition) is 2. The van der Waals surface area contributed by atoms with E-state index in [-0.39, 0.29) is 6.04 Å². The smallest absolute Gasteiger partial charge is 0.0661 e. The molecule has 1 N–H and O–H groups in total. The first-order valence-electron chi connectivity index (χ1n) is 8.17. The van der Waals surface area contributed by atoms with Crippen LogP contribution in [0, 0.1) is 5.92 Å². The van der Waals surface area contributed by atoms with E-state index < -0.39 is 0 Å². The molecule has 3 rings (SSSR count). The summed E-state index contributed by atoms with van der Waals surface area (Å²) in [7, 11) is 0. The molecule has 2 aromatic carbocycles. The van der Waals surface area contributed by atoms with Crippen molar-refractivity contribution in [2.75, 3.05) is 19.8 Å². The van der Waals surface area contributed by atoms with Crippen LogP contribution >= 0.6 is 0 Å². The zero-order valence-corrected chi connectivity index (χ0v) is 12.8. The normalized spacial score (nSPS) is 16.2. The Balaban J connectivity index is 1.78. The van der Waals surface area contributed by atoms with Gasteiger partial charge in [-0.3, -0.25) is 0 Å². The summed E-state index contributed by atoms with van der Waals surface area (Å²) in [6.45, 7) is 4.93. The monoisotopic (exact) mass is 283 g/mol. The minimum atomic E-state index is 0.287. The Morgan fingerprint density at radius 2 is 1.95 bits per heavy atom. The molecule has 2 aromatic rings. The van der Waals surface area contributed by atoms with Gasteiger partial charge in [-0.2, -0.15) is 0 Å². The molecular weight excluding hydrogens is 258 g/mol. The SMILES string of the molecule is CCCNC(COCC1CC1)c1cccc2ccccc12. The van der Waals surface area contributed by atoms with E-state index in [9.17, 15) is 0 Å². The molecule has 0 heterocycles. The lowest BCUT2D eigenvalue weighted by Crippen LogP contribution is -2.27. The highest BCUT2D eigenvalue weighted by Crippen LogP contribution is 2.30. The number of ether oxygens (including phenoxy) is 1. The Labute approximate surface area is 127 Å². The van der Waals surface area contributed by atoms with Crippen molar-refractivity contribution in [1.29, 1.82) is 0 Å². The first kappa shape index (κ1) is 14.6. The zero-order chi connectivity index (χ0) is 14.5. The van der Waals surface area contributed by atoms with Crippen molar-refractivity contribution in [1.82, 2.24) is 5.32 Å². The van der Waals surface area contributed by atoms with E-state index in [1.54, 1.807) is 0 Å². The highest BCUT2D eigenvalue weighted by atomic mass is 16.5. The van der Waals surface area contributed by atoms with Gasteiger partial charge in [-0.15, -0.1) is 0 Å². The molecule has 0 aromatic heterocycles. The molecule has 21 heavy (non-hydrogen) atoms. The molecule has 1 aliphatic rings. The van der Waals surface area contributed by atoms with E-state index in [1.165, 1.54) is 29.2 Å². The van der Waals surface area contributed by atoms with Gasteiger partial charge in [0.25, 0.3) is 0 Å². The second-order valence-electron chi connectivity index (χ2n) is 6.06.